The highest BCUT2D eigenvalue weighted by Crippen LogP contribution is 2.43. The molecular weight excluding hydrogens is 608 g/mol. The van der Waals surface area contributed by atoms with Crippen LogP contribution in [0.5, 0.6) is 0 Å². The van der Waals surface area contributed by atoms with Gasteiger partial charge in [0.1, 0.15) is 11.6 Å². The van der Waals surface area contributed by atoms with Gasteiger partial charge in [-0.25, -0.2) is 17.2 Å². The van der Waals surface area contributed by atoms with E-state index < -0.39 is 32.1 Å². The smallest absolute Gasteiger partial charge is 0.244 e. The molecule has 0 atom stereocenters. The van der Waals surface area contributed by atoms with Crippen molar-refractivity contribution in [2.24, 2.45) is 5.92 Å². The number of nitrogens with zero attached hydrogens (tertiary/aromatic N) is 3. The zero-order valence-corrected chi connectivity index (χ0v) is 25.9. The third-order valence-corrected chi connectivity index (χ3v) is 10.7. The quantitative estimate of drug-likeness (QED) is 0.355. The third-order valence-electron chi connectivity index (χ3n) is 8.75. The van der Waals surface area contributed by atoms with E-state index >= 15 is 0 Å². The number of carbonyl (C=O) groups is 2. The molecule has 3 aliphatic rings. The van der Waals surface area contributed by atoms with Gasteiger partial charge >= 0.3 is 0 Å². The maximum absolute atomic E-state index is 13.9. The van der Waals surface area contributed by atoms with E-state index in [1.807, 2.05) is 12.1 Å². The predicted molar refractivity (Wildman–Crippen MR) is 160 cm³/mol. The van der Waals surface area contributed by atoms with Crippen molar-refractivity contribution < 1.29 is 36.3 Å². The topological polar surface area (TPSA) is 134 Å². The first-order valence-corrected chi connectivity index (χ1v) is 16.3. The van der Waals surface area contributed by atoms with Crippen LogP contribution in [-0.4, -0.2) is 74.1 Å². The second-order valence-electron chi connectivity index (χ2n) is 12.0. The highest BCUT2D eigenvalue weighted by atomic mass is 32.2. The second-order valence-corrected chi connectivity index (χ2v) is 13.9. The van der Waals surface area contributed by atoms with Crippen molar-refractivity contribution in [3.63, 3.8) is 0 Å². The zero-order valence-electron chi connectivity index (χ0n) is 25.1. The van der Waals surface area contributed by atoms with Crippen LogP contribution in [0.25, 0.3) is 0 Å². The van der Waals surface area contributed by atoms with E-state index in [0.717, 1.165) is 22.1 Å². The number of amides is 1. The summed E-state index contributed by atoms with van der Waals surface area (Å²) in [5, 5.41) is 10.3. The molecule has 0 radical (unpaired) electrons. The van der Waals surface area contributed by atoms with Crippen molar-refractivity contribution in [1.29, 1.82) is 0 Å². The van der Waals surface area contributed by atoms with Gasteiger partial charge < -0.3 is 19.7 Å². The number of Topliss-reactive ketones (excluding diaryl/α,β-unsaturated/α-hetero) is 1. The lowest BCUT2D eigenvalue weighted by molar-refractivity contribution is -0.122. The van der Waals surface area contributed by atoms with Crippen LogP contribution in [0.4, 0.5) is 20.2 Å². The lowest BCUT2D eigenvalue weighted by atomic mass is 9.97. The lowest BCUT2D eigenvalue weighted by Gasteiger charge is -2.30. The fourth-order valence-electron chi connectivity index (χ4n) is 6.22. The molecule has 2 aromatic carbocycles. The molecule has 0 spiro atoms. The molecule has 2 fully saturated rings. The molecule has 0 bridgehead atoms. The molecule has 0 aliphatic carbocycles. The van der Waals surface area contributed by atoms with Gasteiger partial charge in [-0.05, 0) is 57.0 Å². The fourth-order valence-corrected chi connectivity index (χ4v) is 7.98. The van der Waals surface area contributed by atoms with Crippen molar-refractivity contribution in [2.45, 2.75) is 50.1 Å². The van der Waals surface area contributed by atoms with Crippen LogP contribution in [-0.2, 0) is 42.8 Å². The van der Waals surface area contributed by atoms with Gasteiger partial charge in [-0.2, -0.15) is 9.40 Å². The third kappa shape index (κ3) is 6.11. The molecule has 2 saturated heterocycles. The minimum atomic E-state index is -4.33. The molecule has 1 amide bonds. The van der Waals surface area contributed by atoms with E-state index in [2.05, 4.69) is 20.4 Å². The maximum atomic E-state index is 13.9. The number of anilines is 2. The largest absolute Gasteiger partial charge is 0.381 e. The number of hydrogen-bond donors (Lipinski definition) is 2. The molecule has 6 rings (SSSR count). The Bertz CT molecular complexity index is 1710. The Hall–Kier alpha value is -3.72. The number of halogens is 2. The highest BCUT2D eigenvalue weighted by molar-refractivity contribution is 7.89. The van der Waals surface area contributed by atoms with E-state index in [1.54, 1.807) is 19.9 Å². The number of ether oxygens (including phenoxy) is 2. The van der Waals surface area contributed by atoms with Gasteiger partial charge in [0, 0.05) is 67.3 Å². The van der Waals surface area contributed by atoms with Crippen molar-refractivity contribution in [3.05, 3.63) is 70.5 Å². The number of H-pyrrole nitrogens is 1. The van der Waals surface area contributed by atoms with Gasteiger partial charge in [-0.1, -0.05) is 0 Å². The first kappa shape index (κ1) is 31.3. The molecule has 11 nitrogen and oxygen atoms in total. The average molecular weight is 644 g/mol. The number of sulfonamides is 1. The SMILES string of the molecule is CC1(C)c2n[nH]c(CC(=O)c3ccc(N4CCOCC4)cc3NC(=O)C3CCOCC3)c2CN1S(=O)(=O)c1cc(F)cc(F)c1. The molecule has 2 N–H and O–H groups in total. The summed E-state index contributed by atoms with van der Waals surface area (Å²) in [6, 6.07) is 7.51. The molecule has 3 aromatic rings. The molecule has 4 heterocycles. The summed E-state index contributed by atoms with van der Waals surface area (Å²) >= 11 is 0. The van der Waals surface area contributed by atoms with Crippen LogP contribution in [0.15, 0.2) is 41.3 Å². The van der Waals surface area contributed by atoms with Crippen molar-refractivity contribution >= 4 is 33.1 Å². The Balaban J connectivity index is 1.27. The Labute approximate surface area is 259 Å². The van der Waals surface area contributed by atoms with E-state index in [0.29, 0.717) is 86.6 Å². The van der Waals surface area contributed by atoms with E-state index in [4.69, 9.17) is 9.47 Å². The average Bonchev–Trinajstić information content (AvgIpc) is 3.55. The minimum absolute atomic E-state index is 0.141. The number of nitrogens with one attached hydrogen (secondary N) is 2. The number of ketones is 1. The Morgan fingerprint density at radius 2 is 1.69 bits per heavy atom. The lowest BCUT2D eigenvalue weighted by Crippen LogP contribution is -2.40. The molecule has 1 aromatic heterocycles. The molecule has 240 valence electrons. The summed E-state index contributed by atoms with van der Waals surface area (Å²) in [5.41, 5.74) is 1.76. The van der Waals surface area contributed by atoms with Gasteiger partial charge in [-0.3, -0.25) is 14.7 Å². The zero-order chi connectivity index (χ0) is 31.9. The number of aromatic nitrogens is 2. The summed E-state index contributed by atoms with van der Waals surface area (Å²) < 4.78 is 67.0. The van der Waals surface area contributed by atoms with Crippen LogP contribution < -0.4 is 10.2 Å². The first-order valence-electron chi connectivity index (χ1n) is 14.9. The summed E-state index contributed by atoms with van der Waals surface area (Å²) in [4.78, 5) is 28.7. The fraction of sp³-hybridized carbons (Fsp3) is 0.452. The Kier molecular flexibility index (Phi) is 8.50. The number of benzene rings is 2. The Morgan fingerprint density at radius 1 is 1.02 bits per heavy atom. The van der Waals surface area contributed by atoms with Gasteiger partial charge in [0.25, 0.3) is 0 Å². The van der Waals surface area contributed by atoms with Gasteiger partial charge in [0.2, 0.25) is 15.9 Å². The molecule has 45 heavy (non-hydrogen) atoms. The molecule has 0 saturated carbocycles. The van der Waals surface area contributed by atoms with E-state index in [-0.39, 0.29) is 30.6 Å². The van der Waals surface area contributed by atoms with Crippen molar-refractivity contribution in [2.75, 3.05) is 49.7 Å². The summed E-state index contributed by atoms with van der Waals surface area (Å²) in [6.45, 7) is 6.65. The highest BCUT2D eigenvalue weighted by Gasteiger charge is 2.48. The van der Waals surface area contributed by atoms with E-state index in [9.17, 15) is 26.8 Å². The van der Waals surface area contributed by atoms with Crippen LogP contribution in [0.1, 0.15) is 54.0 Å². The van der Waals surface area contributed by atoms with Crippen LogP contribution in [0.3, 0.4) is 0 Å². The maximum Gasteiger partial charge on any atom is 0.244 e. The number of fused-ring (bicyclic) bond motifs is 1. The minimum Gasteiger partial charge on any atom is -0.381 e. The van der Waals surface area contributed by atoms with Crippen LogP contribution in [0.2, 0.25) is 0 Å². The normalized spacial score (nSPS) is 19.0. The number of carbonyl (C=O) groups excluding carboxylic acids is 2. The number of hydrogen-bond acceptors (Lipinski definition) is 8. The summed E-state index contributed by atoms with van der Waals surface area (Å²) in [6.07, 6.45) is 1.05. The van der Waals surface area contributed by atoms with Crippen molar-refractivity contribution in [1.82, 2.24) is 14.5 Å². The summed E-state index contributed by atoms with van der Waals surface area (Å²) in [5.74, 6) is -2.72. The van der Waals surface area contributed by atoms with Crippen LogP contribution in [0, 0.1) is 17.6 Å². The molecule has 3 aliphatic heterocycles. The second kappa shape index (κ2) is 12.2. The Morgan fingerprint density at radius 3 is 2.38 bits per heavy atom. The predicted octanol–water partition coefficient (Wildman–Crippen LogP) is 3.75. The molecule has 14 heteroatoms. The van der Waals surface area contributed by atoms with E-state index in [1.165, 1.54) is 0 Å². The number of rotatable bonds is 8. The van der Waals surface area contributed by atoms with Gasteiger partial charge in [0.15, 0.2) is 5.78 Å². The number of morpholine rings is 1. The standard InChI is InChI=1S/C31H35F2N5O6S/c1-31(2)29-25(18-38(31)45(41,42)23-14-20(32)13-21(33)15-23)27(35-36-29)17-28(39)24-4-3-22(37-7-11-44-12-8-37)16-26(24)34-30(40)19-5-9-43-10-6-19/h3-4,13-16,19H,5-12,17-18H2,1-2H3,(H,34,40)(H,35,36). The monoisotopic (exact) mass is 643 g/mol. The van der Waals surface area contributed by atoms with Gasteiger partial charge in [0.05, 0.1) is 41.5 Å². The summed E-state index contributed by atoms with van der Waals surface area (Å²) in [7, 11) is -4.33. The van der Waals surface area contributed by atoms with Gasteiger partial charge in [-0.15, -0.1) is 0 Å². The van der Waals surface area contributed by atoms with Crippen molar-refractivity contribution in [3.8, 4) is 0 Å². The van der Waals surface area contributed by atoms with Crippen LogP contribution >= 0.6 is 0 Å². The molecular formula is C31H35F2N5O6S. The molecule has 0 unspecified atom stereocenters. The number of aromatic amines is 1. The first-order chi connectivity index (χ1) is 21.4.